The molecule has 2 N–H and O–H groups in total. The van der Waals surface area contributed by atoms with Crippen molar-refractivity contribution in [2.24, 2.45) is 0 Å². The van der Waals surface area contributed by atoms with Gasteiger partial charge in [-0.2, -0.15) is 0 Å². The fourth-order valence-corrected chi connectivity index (χ4v) is 5.53. The summed E-state index contributed by atoms with van der Waals surface area (Å²) < 4.78 is 21.7. The molecular weight excluding hydrogens is 532 g/mol. The van der Waals surface area contributed by atoms with E-state index < -0.39 is 17.2 Å². The summed E-state index contributed by atoms with van der Waals surface area (Å²) in [4.78, 5) is 39.0. The highest BCUT2D eigenvalue weighted by molar-refractivity contribution is 6.31. The van der Waals surface area contributed by atoms with Crippen molar-refractivity contribution in [1.29, 1.82) is 0 Å². The Hall–Kier alpha value is -3.36. The molecule has 2 fully saturated rings. The monoisotopic (exact) mass is 555 g/mol. The van der Waals surface area contributed by atoms with Gasteiger partial charge < -0.3 is 19.6 Å². The van der Waals surface area contributed by atoms with Crippen LogP contribution in [0, 0.1) is 5.82 Å². The Morgan fingerprint density at radius 1 is 0.921 bits per heavy atom. The molecule has 2 aromatic heterocycles. The van der Waals surface area contributed by atoms with Crippen LogP contribution in [0.3, 0.4) is 0 Å². The number of aromatic nitrogens is 1. The zero-order valence-electron chi connectivity index (χ0n) is 20.2. The molecule has 0 unspecified atom stereocenters. The molecule has 2 amide bonds. The predicted molar refractivity (Wildman–Crippen MR) is 144 cm³/mol. The molecule has 0 aliphatic heterocycles. The fraction of sp³-hybridized carbons (Fsp3) is 0.321. The summed E-state index contributed by atoms with van der Waals surface area (Å²) in [7, 11) is 0. The largest absolute Gasteiger partial charge is 0.451 e. The lowest BCUT2D eigenvalue weighted by atomic mass is 9.91. The van der Waals surface area contributed by atoms with E-state index in [1.807, 2.05) is 4.57 Å². The summed E-state index contributed by atoms with van der Waals surface area (Å²) in [5.74, 6) is -1.24. The number of furan rings is 1. The molecule has 7 nitrogen and oxygen atoms in total. The normalized spacial score (nSPS) is 19.6. The van der Waals surface area contributed by atoms with Crippen LogP contribution in [0.4, 0.5) is 4.39 Å². The molecule has 2 saturated carbocycles. The first-order valence-corrected chi connectivity index (χ1v) is 13.4. The quantitative estimate of drug-likeness (QED) is 0.316. The van der Waals surface area contributed by atoms with Gasteiger partial charge in [-0.3, -0.25) is 14.4 Å². The highest BCUT2D eigenvalue weighted by atomic mass is 35.5. The number of hydrogen-bond donors (Lipinski definition) is 2. The number of pyridine rings is 1. The average Bonchev–Trinajstić information content (AvgIpc) is 3.64. The first-order chi connectivity index (χ1) is 18.3. The van der Waals surface area contributed by atoms with E-state index in [9.17, 15) is 18.8 Å². The van der Waals surface area contributed by atoms with Crippen molar-refractivity contribution in [2.45, 2.75) is 56.7 Å². The van der Waals surface area contributed by atoms with Gasteiger partial charge in [-0.05, 0) is 74.9 Å². The fourth-order valence-electron chi connectivity index (χ4n) is 5.19. The van der Waals surface area contributed by atoms with Crippen molar-refractivity contribution < 1.29 is 18.4 Å². The first-order valence-electron chi connectivity index (χ1n) is 12.6. The molecule has 0 spiro atoms. The van der Waals surface area contributed by atoms with Crippen LogP contribution in [-0.2, 0) is 0 Å². The van der Waals surface area contributed by atoms with E-state index in [1.54, 1.807) is 30.5 Å². The Labute approximate surface area is 226 Å². The maximum atomic E-state index is 14.2. The van der Waals surface area contributed by atoms with Crippen molar-refractivity contribution >= 4 is 56.9 Å². The standard InChI is InChI=1S/C28H24Cl2FN3O4/c29-15-1-8-24-14(9-15)10-25(38-24)28(37)33-17-4-2-16(3-5-17)32-27(36)20-13-34(18-6-7-18)23-12-21(30)22(31)11-19(23)26(20)35/h1,8-13,16-18H,2-7H2,(H,32,36)(H,33,37). The lowest BCUT2D eigenvalue weighted by Gasteiger charge is -2.29. The Morgan fingerprint density at radius 3 is 2.29 bits per heavy atom. The molecule has 38 heavy (non-hydrogen) atoms. The molecule has 6 rings (SSSR count). The van der Waals surface area contributed by atoms with Gasteiger partial charge in [0.05, 0.1) is 10.5 Å². The molecule has 4 aromatic rings. The molecule has 0 atom stereocenters. The van der Waals surface area contributed by atoms with E-state index in [4.69, 9.17) is 27.6 Å². The summed E-state index contributed by atoms with van der Waals surface area (Å²) in [6, 6.07) is 9.36. The van der Waals surface area contributed by atoms with Crippen LogP contribution < -0.4 is 16.1 Å². The Bertz CT molecular complexity index is 1650. The third-order valence-electron chi connectivity index (χ3n) is 7.36. The summed E-state index contributed by atoms with van der Waals surface area (Å²) >= 11 is 12.0. The second-order valence-corrected chi connectivity index (χ2v) is 10.9. The van der Waals surface area contributed by atoms with Gasteiger partial charge in [-0.15, -0.1) is 0 Å². The molecular formula is C28H24Cl2FN3O4. The van der Waals surface area contributed by atoms with Crippen LogP contribution in [0.5, 0.6) is 0 Å². The number of hydrogen-bond acceptors (Lipinski definition) is 4. The predicted octanol–water partition coefficient (Wildman–Crippen LogP) is 6.00. The maximum absolute atomic E-state index is 14.2. The summed E-state index contributed by atoms with van der Waals surface area (Å²) in [6.45, 7) is 0. The van der Waals surface area contributed by atoms with Gasteiger partial charge >= 0.3 is 0 Å². The number of benzene rings is 2. The molecule has 196 valence electrons. The molecule has 0 radical (unpaired) electrons. The second kappa shape index (κ2) is 9.75. The van der Waals surface area contributed by atoms with Crippen molar-refractivity contribution in [3.05, 3.63) is 80.0 Å². The van der Waals surface area contributed by atoms with Crippen LogP contribution >= 0.6 is 23.2 Å². The van der Waals surface area contributed by atoms with Crippen molar-refractivity contribution in [2.75, 3.05) is 0 Å². The zero-order valence-corrected chi connectivity index (χ0v) is 21.7. The van der Waals surface area contributed by atoms with Gasteiger partial charge in [0.1, 0.15) is 17.0 Å². The van der Waals surface area contributed by atoms with Gasteiger partial charge in [0.25, 0.3) is 11.8 Å². The molecule has 2 aromatic carbocycles. The molecule has 2 aliphatic carbocycles. The zero-order chi connectivity index (χ0) is 26.6. The number of amides is 2. The third-order valence-corrected chi connectivity index (χ3v) is 7.88. The summed E-state index contributed by atoms with van der Waals surface area (Å²) in [6.07, 6.45) is 6.02. The molecule has 0 saturated heterocycles. The van der Waals surface area contributed by atoms with Gasteiger partial charge in [-0.1, -0.05) is 23.2 Å². The Kier molecular flexibility index (Phi) is 6.40. The number of fused-ring (bicyclic) bond motifs is 2. The minimum atomic E-state index is -0.692. The highest BCUT2D eigenvalue weighted by Crippen LogP contribution is 2.37. The van der Waals surface area contributed by atoms with E-state index in [-0.39, 0.29) is 45.8 Å². The summed E-state index contributed by atoms with van der Waals surface area (Å²) in [5.41, 5.74) is 0.597. The maximum Gasteiger partial charge on any atom is 0.287 e. The molecule has 10 heteroatoms. The summed E-state index contributed by atoms with van der Waals surface area (Å²) in [5, 5.41) is 7.38. The minimum Gasteiger partial charge on any atom is -0.451 e. The van der Waals surface area contributed by atoms with Crippen LogP contribution in [-0.4, -0.2) is 28.5 Å². The SMILES string of the molecule is O=C(NC1CCC(NC(=O)c2cn(C3CC3)c3cc(Cl)c(F)cc3c2=O)CC1)c1cc2cc(Cl)ccc2o1. The van der Waals surface area contributed by atoms with E-state index in [1.165, 1.54) is 6.07 Å². The smallest absolute Gasteiger partial charge is 0.287 e. The number of rotatable bonds is 5. The molecule has 0 bridgehead atoms. The van der Waals surface area contributed by atoms with Crippen LogP contribution in [0.25, 0.3) is 21.9 Å². The highest BCUT2D eigenvalue weighted by Gasteiger charge is 2.29. The van der Waals surface area contributed by atoms with E-state index in [2.05, 4.69) is 10.6 Å². The molecule has 2 aliphatic rings. The topological polar surface area (TPSA) is 93.3 Å². The third kappa shape index (κ3) is 4.78. The number of carbonyl (C=O) groups excluding carboxylic acids is 2. The second-order valence-electron chi connectivity index (χ2n) is 10.1. The Balaban J connectivity index is 1.12. The molecule has 2 heterocycles. The minimum absolute atomic E-state index is 0.00784. The van der Waals surface area contributed by atoms with E-state index in [0.29, 0.717) is 41.8 Å². The van der Waals surface area contributed by atoms with Crippen LogP contribution in [0.2, 0.25) is 10.0 Å². The van der Waals surface area contributed by atoms with Gasteiger partial charge in [0, 0.05) is 40.1 Å². The van der Waals surface area contributed by atoms with Crippen molar-refractivity contribution in [3.63, 3.8) is 0 Å². The lowest BCUT2D eigenvalue weighted by Crippen LogP contribution is -2.44. The van der Waals surface area contributed by atoms with Gasteiger partial charge in [0.15, 0.2) is 5.76 Å². The first kappa shape index (κ1) is 24.9. The van der Waals surface area contributed by atoms with Crippen molar-refractivity contribution in [3.8, 4) is 0 Å². The van der Waals surface area contributed by atoms with E-state index >= 15 is 0 Å². The van der Waals surface area contributed by atoms with E-state index in [0.717, 1.165) is 24.3 Å². The van der Waals surface area contributed by atoms with Crippen LogP contribution in [0.1, 0.15) is 65.5 Å². The van der Waals surface area contributed by atoms with Crippen molar-refractivity contribution in [1.82, 2.24) is 15.2 Å². The van der Waals surface area contributed by atoms with Crippen LogP contribution in [0.15, 0.2) is 51.8 Å². The lowest BCUT2D eigenvalue weighted by molar-refractivity contribution is 0.0876. The van der Waals surface area contributed by atoms with Gasteiger partial charge in [0.2, 0.25) is 5.43 Å². The number of carbonyl (C=O) groups is 2. The Morgan fingerprint density at radius 2 is 1.61 bits per heavy atom. The average molecular weight is 556 g/mol. The van der Waals surface area contributed by atoms with Gasteiger partial charge in [-0.25, -0.2) is 4.39 Å². The number of nitrogens with one attached hydrogen (secondary N) is 2. The number of halogens is 3. The number of nitrogens with zero attached hydrogens (tertiary/aromatic N) is 1.